The van der Waals surface area contributed by atoms with Gasteiger partial charge in [0, 0.05) is 18.7 Å². The molecule has 0 saturated carbocycles. The van der Waals surface area contributed by atoms with E-state index in [0.29, 0.717) is 12.0 Å². The van der Waals surface area contributed by atoms with Gasteiger partial charge in [0.1, 0.15) is 5.75 Å². The van der Waals surface area contributed by atoms with Crippen LogP contribution in [0.2, 0.25) is 5.02 Å². The normalized spacial score (nSPS) is 22.0. The van der Waals surface area contributed by atoms with Gasteiger partial charge in [0.25, 0.3) is 0 Å². The molecule has 4 heteroatoms. The maximum absolute atomic E-state index is 6.24. The Balaban J connectivity index is 2.03. The first kappa shape index (κ1) is 14.5. The number of nitrogens with one attached hydrogen (secondary N) is 1. The molecule has 1 N–H and O–H groups in total. The predicted octanol–water partition coefficient (Wildman–Crippen LogP) is 3.49. The first-order chi connectivity index (χ1) is 9.10. The minimum absolute atomic E-state index is 0.410. The smallest absolute Gasteiger partial charge is 0.121 e. The quantitative estimate of drug-likeness (QED) is 0.915. The summed E-state index contributed by atoms with van der Waals surface area (Å²) in [5.41, 5.74) is 0.960. The Morgan fingerprint density at radius 2 is 2.26 bits per heavy atom. The van der Waals surface area contributed by atoms with Crippen molar-refractivity contribution < 1.29 is 4.74 Å². The maximum Gasteiger partial charge on any atom is 0.121 e. The van der Waals surface area contributed by atoms with Crippen LogP contribution >= 0.6 is 11.6 Å². The number of methoxy groups -OCH3 is 1. The maximum atomic E-state index is 6.24. The van der Waals surface area contributed by atoms with Gasteiger partial charge in [-0.2, -0.15) is 0 Å². The summed E-state index contributed by atoms with van der Waals surface area (Å²) in [7, 11) is 3.87. The number of rotatable bonds is 4. The van der Waals surface area contributed by atoms with Gasteiger partial charge in [-0.1, -0.05) is 11.6 Å². The monoisotopic (exact) mass is 282 g/mol. The second-order valence-electron chi connectivity index (χ2n) is 5.44. The lowest BCUT2D eigenvalue weighted by atomic mass is 9.92. The van der Waals surface area contributed by atoms with E-state index in [1.807, 2.05) is 18.2 Å². The fraction of sp³-hybridized carbons (Fsp3) is 0.600. The van der Waals surface area contributed by atoms with Gasteiger partial charge < -0.3 is 15.0 Å². The molecule has 2 rings (SSSR count). The molecule has 0 spiro atoms. The van der Waals surface area contributed by atoms with E-state index >= 15 is 0 Å². The third-order valence-corrected chi connectivity index (χ3v) is 4.25. The molecule has 1 aliphatic rings. The first-order valence-corrected chi connectivity index (χ1v) is 7.26. The van der Waals surface area contributed by atoms with Crippen molar-refractivity contribution in [1.29, 1.82) is 0 Å². The van der Waals surface area contributed by atoms with Crippen LogP contribution in [0.4, 0.5) is 5.69 Å². The molecular formula is C15H23ClN2O. The standard InChI is InChI=1S/C15H23ClN2O/c1-11(12-5-4-8-18(2)10-12)17-15-9-13(19-3)6-7-14(15)16/h6-7,9,11-12,17H,4-5,8,10H2,1-3H3. The van der Waals surface area contributed by atoms with E-state index in [2.05, 4.69) is 24.2 Å². The Kier molecular flexibility index (Phi) is 4.94. The van der Waals surface area contributed by atoms with Crippen molar-refractivity contribution in [3.05, 3.63) is 23.2 Å². The van der Waals surface area contributed by atoms with Gasteiger partial charge in [0.15, 0.2) is 0 Å². The van der Waals surface area contributed by atoms with Gasteiger partial charge >= 0.3 is 0 Å². The second-order valence-corrected chi connectivity index (χ2v) is 5.85. The zero-order valence-electron chi connectivity index (χ0n) is 11.9. The van der Waals surface area contributed by atoms with Crippen LogP contribution in [0.5, 0.6) is 5.75 Å². The van der Waals surface area contributed by atoms with E-state index in [9.17, 15) is 0 Å². The lowest BCUT2D eigenvalue weighted by molar-refractivity contribution is 0.197. The van der Waals surface area contributed by atoms with Gasteiger partial charge in [-0.15, -0.1) is 0 Å². The highest BCUT2D eigenvalue weighted by Gasteiger charge is 2.23. The molecule has 106 valence electrons. The number of nitrogens with zero attached hydrogens (tertiary/aromatic N) is 1. The number of hydrogen-bond donors (Lipinski definition) is 1. The van der Waals surface area contributed by atoms with Crippen molar-refractivity contribution in [2.75, 3.05) is 32.6 Å². The summed E-state index contributed by atoms with van der Waals surface area (Å²) in [5, 5.41) is 4.28. The van der Waals surface area contributed by atoms with Crippen LogP contribution in [0.1, 0.15) is 19.8 Å². The summed E-state index contributed by atoms with van der Waals surface area (Å²) in [5.74, 6) is 1.50. The van der Waals surface area contributed by atoms with Crippen LogP contribution in [-0.2, 0) is 0 Å². The molecule has 1 heterocycles. The largest absolute Gasteiger partial charge is 0.497 e. The van der Waals surface area contributed by atoms with Crippen molar-refractivity contribution in [3.8, 4) is 5.75 Å². The summed E-state index contributed by atoms with van der Waals surface area (Å²) in [6, 6.07) is 6.13. The number of anilines is 1. The molecule has 3 nitrogen and oxygen atoms in total. The highest BCUT2D eigenvalue weighted by molar-refractivity contribution is 6.33. The average Bonchev–Trinajstić information content (AvgIpc) is 2.41. The van der Waals surface area contributed by atoms with Crippen LogP contribution < -0.4 is 10.1 Å². The molecule has 2 atom stereocenters. The molecule has 1 aliphatic heterocycles. The van der Waals surface area contributed by atoms with Crippen molar-refractivity contribution in [2.45, 2.75) is 25.8 Å². The van der Waals surface area contributed by atoms with Crippen molar-refractivity contribution in [3.63, 3.8) is 0 Å². The van der Waals surface area contributed by atoms with E-state index in [4.69, 9.17) is 16.3 Å². The van der Waals surface area contributed by atoms with Gasteiger partial charge in [-0.3, -0.25) is 0 Å². The molecular weight excluding hydrogens is 260 g/mol. The average molecular weight is 283 g/mol. The summed E-state index contributed by atoms with van der Waals surface area (Å²) in [4.78, 5) is 2.40. The Morgan fingerprint density at radius 3 is 2.95 bits per heavy atom. The van der Waals surface area contributed by atoms with Crippen LogP contribution in [0.15, 0.2) is 18.2 Å². The molecule has 0 aromatic heterocycles. The van der Waals surface area contributed by atoms with Crippen LogP contribution in [0, 0.1) is 5.92 Å². The summed E-state index contributed by atoms with van der Waals surface area (Å²) in [6.07, 6.45) is 2.55. The third-order valence-electron chi connectivity index (χ3n) is 3.92. The number of halogens is 1. The molecule has 2 unspecified atom stereocenters. The van der Waals surface area contributed by atoms with E-state index < -0.39 is 0 Å². The first-order valence-electron chi connectivity index (χ1n) is 6.88. The zero-order chi connectivity index (χ0) is 13.8. The molecule has 0 aliphatic carbocycles. The molecule has 0 amide bonds. The van der Waals surface area contributed by atoms with Gasteiger partial charge in [-0.05, 0) is 51.4 Å². The number of ether oxygens (including phenoxy) is 1. The fourth-order valence-corrected chi connectivity index (χ4v) is 2.89. The lowest BCUT2D eigenvalue weighted by Gasteiger charge is -2.34. The lowest BCUT2D eigenvalue weighted by Crippen LogP contribution is -2.39. The molecule has 1 saturated heterocycles. The van der Waals surface area contributed by atoms with Crippen LogP contribution in [-0.4, -0.2) is 38.2 Å². The van der Waals surface area contributed by atoms with Crippen molar-refractivity contribution >= 4 is 17.3 Å². The SMILES string of the molecule is COc1ccc(Cl)c(NC(C)C2CCCN(C)C2)c1. The molecule has 1 aromatic rings. The zero-order valence-corrected chi connectivity index (χ0v) is 12.7. The minimum atomic E-state index is 0.410. The van der Waals surface area contributed by atoms with Gasteiger partial charge in [-0.25, -0.2) is 0 Å². The van der Waals surface area contributed by atoms with Crippen LogP contribution in [0.25, 0.3) is 0 Å². The predicted molar refractivity (Wildman–Crippen MR) is 81.3 cm³/mol. The number of benzene rings is 1. The Labute approximate surface area is 120 Å². The summed E-state index contributed by atoms with van der Waals surface area (Å²) in [6.45, 7) is 4.60. The second kappa shape index (κ2) is 6.49. The number of piperidine rings is 1. The summed E-state index contributed by atoms with van der Waals surface area (Å²) < 4.78 is 5.25. The van der Waals surface area contributed by atoms with Crippen LogP contribution in [0.3, 0.4) is 0 Å². The molecule has 1 aromatic carbocycles. The van der Waals surface area contributed by atoms with E-state index in [1.165, 1.54) is 19.4 Å². The topological polar surface area (TPSA) is 24.5 Å². The Hall–Kier alpha value is -0.930. The molecule has 0 bridgehead atoms. The number of hydrogen-bond acceptors (Lipinski definition) is 3. The molecule has 1 fully saturated rings. The van der Waals surface area contributed by atoms with Gasteiger partial charge in [0.2, 0.25) is 0 Å². The van der Waals surface area contributed by atoms with Crippen molar-refractivity contribution in [1.82, 2.24) is 4.90 Å². The van der Waals surface area contributed by atoms with E-state index in [-0.39, 0.29) is 0 Å². The number of likely N-dealkylation sites (tertiary alicyclic amines) is 1. The van der Waals surface area contributed by atoms with Crippen molar-refractivity contribution in [2.24, 2.45) is 5.92 Å². The highest BCUT2D eigenvalue weighted by Crippen LogP contribution is 2.29. The summed E-state index contributed by atoms with van der Waals surface area (Å²) >= 11 is 6.24. The molecule has 0 radical (unpaired) electrons. The van der Waals surface area contributed by atoms with E-state index in [1.54, 1.807) is 7.11 Å². The Bertz CT molecular complexity index is 425. The van der Waals surface area contributed by atoms with Gasteiger partial charge in [0.05, 0.1) is 17.8 Å². The third kappa shape index (κ3) is 3.77. The fourth-order valence-electron chi connectivity index (χ4n) is 2.72. The molecule has 19 heavy (non-hydrogen) atoms. The minimum Gasteiger partial charge on any atom is -0.497 e. The van der Waals surface area contributed by atoms with E-state index in [0.717, 1.165) is 23.0 Å². The Morgan fingerprint density at radius 1 is 1.47 bits per heavy atom. The highest BCUT2D eigenvalue weighted by atomic mass is 35.5.